The van der Waals surface area contributed by atoms with Gasteiger partial charge in [-0.3, -0.25) is 0 Å². The fraction of sp³-hybridized carbons (Fsp3) is 0.909. The van der Waals surface area contributed by atoms with E-state index in [2.05, 4.69) is 0 Å². The highest BCUT2D eigenvalue weighted by Gasteiger charge is 2.30. The average molecular weight is 216 g/mol. The minimum atomic E-state index is -0.451. The Balaban J connectivity index is 2.08. The van der Waals surface area contributed by atoms with Crippen LogP contribution in [0, 0.1) is 5.92 Å². The molecule has 0 radical (unpaired) electrons. The summed E-state index contributed by atoms with van der Waals surface area (Å²) < 4.78 is 10.4. The molecule has 1 saturated carbocycles. The van der Waals surface area contributed by atoms with Crippen molar-refractivity contribution in [3.05, 3.63) is 0 Å². The van der Waals surface area contributed by atoms with Gasteiger partial charge in [0.25, 0.3) is 0 Å². The van der Waals surface area contributed by atoms with E-state index in [1.165, 1.54) is 0 Å². The first kappa shape index (κ1) is 12.5. The Morgan fingerprint density at radius 3 is 2.47 bits per heavy atom. The number of rotatable bonds is 4. The average Bonchev–Trinajstić information content (AvgIpc) is 1.98. The number of carbonyl (C=O) groups is 1. The van der Waals surface area contributed by atoms with Gasteiger partial charge in [-0.2, -0.15) is 0 Å². The normalized spacial score (nSPS) is 25.9. The lowest BCUT2D eigenvalue weighted by atomic mass is 9.83. The van der Waals surface area contributed by atoms with Gasteiger partial charge in [0.1, 0.15) is 12.2 Å². The second-order valence-corrected chi connectivity index (χ2v) is 5.04. The molecular weight excluding hydrogens is 196 g/mol. The van der Waals surface area contributed by atoms with Crippen LogP contribution in [-0.4, -0.2) is 36.0 Å². The highest BCUT2D eigenvalue weighted by Crippen LogP contribution is 2.29. The molecule has 1 rings (SSSR count). The first-order valence-corrected chi connectivity index (χ1v) is 5.35. The van der Waals surface area contributed by atoms with Crippen molar-refractivity contribution < 1.29 is 19.4 Å². The molecule has 0 spiro atoms. The van der Waals surface area contributed by atoms with Crippen molar-refractivity contribution in [2.75, 3.05) is 13.2 Å². The topological polar surface area (TPSA) is 55.8 Å². The van der Waals surface area contributed by atoms with E-state index in [1.54, 1.807) is 0 Å². The van der Waals surface area contributed by atoms with Crippen LogP contribution >= 0.6 is 0 Å². The molecule has 0 saturated heterocycles. The van der Waals surface area contributed by atoms with Crippen LogP contribution in [0.5, 0.6) is 0 Å². The van der Waals surface area contributed by atoms with Crippen LogP contribution in [0.4, 0.5) is 0 Å². The molecule has 4 nitrogen and oxygen atoms in total. The second kappa shape index (κ2) is 4.94. The molecule has 0 bridgehead atoms. The standard InChI is InChI=1S/C11H20O4/c1-11(2,3)15-10(13)7-14-9-4-8(5-9)6-12/h8-9,12H,4-7H2,1-3H3/t8-,9+. The Hall–Kier alpha value is -0.610. The Kier molecular flexibility index (Phi) is 4.11. The molecule has 1 aliphatic carbocycles. The second-order valence-electron chi connectivity index (χ2n) is 5.04. The van der Waals surface area contributed by atoms with Crippen LogP contribution in [0.2, 0.25) is 0 Å². The van der Waals surface area contributed by atoms with Crippen molar-refractivity contribution in [1.82, 2.24) is 0 Å². The van der Waals surface area contributed by atoms with E-state index in [-0.39, 0.29) is 25.3 Å². The van der Waals surface area contributed by atoms with E-state index in [0.717, 1.165) is 12.8 Å². The van der Waals surface area contributed by atoms with E-state index in [0.29, 0.717) is 5.92 Å². The minimum absolute atomic E-state index is 0.0140. The van der Waals surface area contributed by atoms with Gasteiger partial charge in [0.15, 0.2) is 0 Å². The molecule has 88 valence electrons. The molecule has 0 aromatic rings. The summed E-state index contributed by atoms with van der Waals surface area (Å²) in [5.74, 6) is 0.0311. The molecule has 1 fully saturated rings. The lowest BCUT2D eigenvalue weighted by Gasteiger charge is -2.33. The first-order valence-electron chi connectivity index (χ1n) is 5.35. The third-order valence-corrected chi connectivity index (χ3v) is 2.31. The summed E-state index contributed by atoms with van der Waals surface area (Å²) in [5.41, 5.74) is -0.451. The van der Waals surface area contributed by atoms with E-state index in [9.17, 15) is 4.79 Å². The van der Waals surface area contributed by atoms with Crippen molar-refractivity contribution in [1.29, 1.82) is 0 Å². The Bertz CT molecular complexity index is 213. The molecule has 0 unspecified atom stereocenters. The molecule has 0 heterocycles. The molecule has 0 amide bonds. The fourth-order valence-corrected chi connectivity index (χ4v) is 1.52. The number of aliphatic hydroxyl groups is 1. The van der Waals surface area contributed by atoms with Crippen molar-refractivity contribution in [2.45, 2.75) is 45.3 Å². The molecule has 0 aromatic heterocycles. The molecule has 0 atom stereocenters. The van der Waals surface area contributed by atoms with Gasteiger partial charge in [-0.1, -0.05) is 0 Å². The van der Waals surface area contributed by atoms with Crippen LogP contribution in [0.1, 0.15) is 33.6 Å². The van der Waals surface area contributed by atoms with Crippen molar-refractivity contribution in [2.24, 2.45) is 5.92 Å². The minimum Gasteiger partial charge on any atom is -0.458 e. The molecule has 1 aliphatic rings. The largest absolute Gasteiger partial charge is 0.458 e. The number of hydrogen-bond donors (Lipinski definition) is 1. The van der Waals surface area contributed by atoms with Gasteiger partial charge in [0.2, 0.25) is 0 Å². The molecule has 4 heteroatoms. The highest BCUT2D eigenvalue weighted by molar-refractivity contribution is 5.71. The van der Waals surface area contributed by atoms with Gasteiger partial charge >= 0.3 is 5.97 Å². The van der Waals surface area contributed by atoms with E-state index >= 15 is 0 Å². The third kappa shape index (κ3) is 4.62. The zero-order valence-corrected chi connectivity index (χ0v) is 9.66. The van der Waals surface area contributed by atoms with Gasteiger partial charge in [-0.25, -0.2) is 4.79 Å². The lowest BCUT2D eigenvalue weighted by Crippen LogP contribution is -2.36. The van der Waals surface area contributed by atoms with Crippen molar-refractivity contribution in [3.63, 3.8) is 0 Å². The van der Waals surface area contributed by atoms with Gasteiger partial charge in [0, 0.05) is 6.61 Å². The molecular formula is C11H20O4. The molecule has 1 N–H and O–H groups in total. The first-order chi connectivity index (χ1) is 6.90. The Morgan fingerprint density at radius 2 is 2.00 bits per heavy atom. The predicted molar refractivity (Wildman–Crippen MR) is 55.4 cm³/mol. The van der Waals surface area contributed by atoms with Crippen LogP contribution in [0.3, 0.4) is 0 Å². The Labute approximate surface area is 90.6 Å². The number of esters is 1. The van der Waals surface area contributed by atoms with Gasteiger partial charge in [0.05, 0.1) is 6.10 Å². The number of hydrogen-bond acceptors (Lipinski definition) is 4. The number of ether oxygens (including phenoxy) is 2. The predicted octanol–water partition coefficient (Wildman–Crippen LogP) is 1.12. The number of carbonyl (C=O) groups excluding carboxylic acids is 1. The Morgan fingerprint density at radius 1 is 1.40 bits per heavy atom. The smallest absolute Gasteiger partial charge is 0.332 e. The quantitative estimate of drug-likeness (QED) is 0.715. The summed E-state index contributed by atoms with van der Waals surface area (Å²) in [6.45, 7) is 5.72. The molecule has 0 aliphatic heterocycles. The highest BCUT2D eigenvalue weighted by atomic mass is 16.6. The van der Waals surface area contributed by atoms with Crippen LogP contribution in [0.15, 0.2) is 0 Å². The van der Waals surface area contributed by atoms with Crippen LogP contribution < -0.4 is 0 Å². The van der Waals surface area contributed by atoms with E-state index < -0.39 is 5.60 Å². The zero-order valence-electron chi connectivity index (χ0n) is 9.66. The van der Waals surface area contributed by atoms with Gasteiger partial charge in [-0.15, -0.1) is 0 Å². The maximum absolute atomic E-state index is 11.3. The van der Waals surface area contributed by atoms with E-state index in [4.69, 9.17) is 14.6 Å². The van der Waals surface area contributed by atoms with Gasteiger partial charge in [-0.05, 0) is 39.5 Å². The summed E-state index contributed by atoms with van der Waals surface area (Å²) in [6, 6.07) is 0. The van der Waals surface area contributed by atoms with Crippen LogP contribution in [0.25, 0.3) is 0 Å². The SMILES string of the molecule is CC(C)(C)OC(=O)CO[C@H]1C[C@@H](CO)C1. The summed E-state index contributed by atoms with van der Waals surface area (Å²) in [5, 5.41) is 8.79. The van der Waals surface area contributed by atoms with Crippen molar-refractivity contribution in [3.8, 4) is 0 Å². The maximum Gasteiger partial charge on any atom is 0.332 e. The summed E-state index contributed by atoms with van der Waals surface area (Å²) >= 11 is 0. The monoisotopic (exact) mass is 216 g/mol. The van der Waals surface area contributed by atoms with Crippen LogP contribution in [-0.2, 0) is 14.3 Å². The summed E-state index contributed by atoms with van der Waals surface area (Å²) in [7, 11) is 0. The number of aliphatic hydroxyl groups excluding tert-OH is 1. The third-order valence-electron chi connectivity index (χ3n) is 2.31. The lowest BCUT2D eigenvalue weighted by molar-refractivity contribution is -0.165. The van der Waals surface area contributed by atoms with Crippen molar-refractivity contribution >= 4 is 5.97 Å². The van der Waals surface area contributed by atoms with E-state index in [1.807, 2.05) is 20.8 Å². The fourth-order valence-electron chi connectivity index (χ4n) is 1.52. The summed E-state index contributed by atoms with van der Waals surface area (Å²) in [6.07, 6.45) is 1.81. The maximum atomic E-state index is 11.3. The van der Waals surface area contributed by atoms with Gasteiger partial charge < -0.3 is 14.6 Å². The summed E-state index contributed by atoms with van der Waals surface area (Å²) in [4.78, 5) is 11.3. The zero-order chi connectivity index (χ0) is 11.5. The molecule has 0 aromatic carbocycles. The molecule has 15 heavy (non-hydrogen) atoms.